The molecule has 2 amide bonds. The summed E-state index contributed by atoms with van der Waals surface area (Å²) in [5, 5.41) is 2.90. The summed E-state index contributed by atoms with van der Waals surface area (Å²) in [5.74, 6) is 0.0337. The number of rotatable bonds is 3. The average Bonchev–Trinajstić information content (AvgIpc) is 2.50. The summed E-state index contributed by atoms with van der Waals surface area (Å²) in [6.45, 7) is 8.16. The van der Waals surface area contributed by atoms with Crippen molar-refractivity contribution in [1.29, 1.82) is 0 Å². The van der Waals surface area contributed by atoms with Crippen LogP contribution in [0.5, 0.6) is 0 Å². The molecule has 0 bridgehead atoms. The fourth-order valence-corrected chi connectivity index (χ4v) is 2.55. The summed E-state index contributed by atoms with van der Waals surface area (Å²) in [4.78, 5) is 27.6. The van der Waals surface area contributed by atoms with Crippen LogP contribution in [0, 0.1) is 6.92 Å². The lowest BCUT2D eigenvalue weighted by Gasteiger charge is -2.37. The van der Waals surface area contributed by atoms with Gasteiger partial charge in [-0.3, -0.25) is 14.5 Å². The van der Waals surface area contributed by atoms with Crippen LogP contribution in [0.25, 0.3) is 0 Å². The normalized spacial score (nSPS) is 17.1. The Balaban J connectivity index is 1.92. The third-order valence-electron chi connectivity index (χ3n) is 4.23. The van der Waals surface area contributed by atoms with E-state index in [0.717, 1.165) is 5.56 Å². The van der Waals surface area contributed by atoms with Gasteiger partial charge in [-0.2, -0.15) is 0 Å². The van der Waals surface area contributed by atoms with E-state index in [-0.39, 0.29) is 17.9 Å². The van der Waals surface area contributed by atoms with Crippen LogP contribution >= 0.6 is 0 Å². The van der Waals surface area contributed by atoms with Crippen molar-refractivity contribution in [2.45, 2.75) is 26.8 Å². The van der Waals surface area contributed by atoms with Crippen LogP contribution < -0.4 is 11.1 Å². The number of carbonyl (C=O) groups is 2. The molecule has 1 saturated heterocycles. The Labute approximate surface area is 131 Å². The lowest BCUT2D eigenvalue weighted by Crippen LogP contribution is -2.53. The van der Waals surface area contributed by atoms with Crippen molar-refractivity contribution in [2.75, 3.05) is 37.2 Å². The zero-order valence-electron chi connectivity index (χ0n) is 13.4. The molecule has 0 aromatic heterocycles. The summed E-state index contributed by atoms with van der Waals surface area (Å²) in [5.41, 5.74) is 8.23. The number of anilines is 2. The number of nitrogen functional groups attached to an aromatic ring is 1. The molecule has 1 aliphatic rings. The number of nitrogens with zero attached hydrogens (tertiary/aromatic N) is 2. The number of hydrogen-bond donors (Lipinski definition) is 2. The van der Waals surface area contributed by atoms with Gasteiger partial charge in [-0.15, -0.1) is 0 Å². The molecule has 120 valence electrons. The Kier molecular flexibility index (Phi) is 5.03. The first-order chi connectivity index (χ1) is 10.4. The highest BCUT2D eigenvalue weighted by atomic mass is 16.2. The van der Waals surface area contributed by atoms with E-state index in [2.05, 4.69) is 10.2 Å². The zero-order valence-corrected chi connectivity index (χ0v) is 13.4. The number of aryl methyl sites for hydroxylation is 1. The third-order valence-corrected chi connectivity index (χ3v) is 4.23. The third kappa shape index (κ3) is 3.76. The SMILES string of the molecule is CC(=O)N1CCN(C(C)C(=O)Nc2ccc(C)c(N)c2)CC1. The minimum atomic E-state index is -0.239. The van der Waals surface area contributed by atoms with Crippen LogP contribution in [-0.2, 0) is 9.59 Å². The van der Waals surface area contributed by atoms with Crippen molar-refractivity contribution in [3.8, 4) is 0 Å². The van der Waals surface area contributed by atoms with Gasteiger partial charge in [-0.1, -0.05) is 6.07 Å². The van der Waals surface area contributed by atoms with Gasteiger partial charge in [0.1, 0.15) is 0 Å². The van der Waals surface area contributed by atoms with Crippen LogP contribution in [0.3, 0.4) is 0 Å². The fourth-order valence-electron chi connectivity index (χ4n) is 2.55. The number of benzene rings is 1. The van der Waals surface area contributed by atoms with Crippen molar-refractivity contribution in [1.82, 2.24) is 9.80 Å². The zero-order chi connectivity index (χ0) is 16.3. The number of amides is 2. The van der Waals surface area contributed by atoms with Crippen molar-refractivity contribution >= 4 is 23.2 Å². The number of carbonyl (C=O) groups excluding carboxylic acids is 2. The highest BCUT2D eigenvalue weighted by Gasteiger charge is 2.26. The summed E-state index contributed by atoms with van der Waals surface area (Å²) in [7, 11) is 0. The molecule has 1 aromatic carbocycles. The first-order valence-corrected chi connectivity index (χ1v) is 7.55. The van der Waals surface area contributed by atoms with Gasteiger partial charge in [0.25, 0.3) is 0 Å². The highest BCUT2D eigenvalue weighted by Crippen LogP contribution is 2.17. The maximum absolute atomic E-state index is 12.3. The molecule has 0 aliphatic carbocycles. The van der Waals surface area contributed by atoms with Gasteiger partial charge in [-0.05, 0) is 31.5 Å². The quantitative estimate of drug-likeness (QED) is 0.819. The van der Waals surface area contributed by atoms with E-state index in [0.29, 0.717) is 37.6 Å². The molecular weight excluding hydrogens is 280 g/mol. The van der Waals surface area contributed by atoms with Crippen LogP contribution in [0.1, 0.15) is 19.4 Å². The minimum Gasteiger partial charge on any atom is -0.398 e. The Morgan fingerprint density at radius 3 is 2.41 bits per heavy atom. The number of piperazine rings is 1. The Bertz CT molecular complexity index is 565. The van der Waals surface area contributed by atoms with Gasteiger partial charge in [0.15, 0.2) is 0 Å². The monoisotopic (exact) mass is 304 g/mol. The van der Waals surface area contributed by atoms with Crippen molar-refractivity contribution < 1.29 is 9.59 Å². The fraction of sp³-hybridized carbons (Fsp3) is 0.500. The molecule has 1 unspecified atom stereocenters. The maximum atomic E-state index is 12.3. The maximum Gasteiger partial charge on any atom is 0.241 e. The van der Waals surface area contributed by atoms with E-state index in [1.807, 2.05) is 30.9 Å². The Hall–Kier alpha value is -2.08. The van der Waals surface area contributed by atoms with Crippen molar-refractivity contribution in [3.63, 3.8) is 0 Å². The van der Waals surface area contributed by atoms with E-state index in [1.54, 1.807) is 13.0 Å². The number of nitrogens with two attached hydrogens (primary N) is 1. The minimum absolute atomic E-state index is 0.0560. The number of nitrogens with one attached hydrogen (secondary N) is 1. The topological polar surface area (TPSA) is 78.7 Å². The second-order valence-electron chi connectivity index (χ2n) is 5.78. The molecule has 1 aliphatic heterocycles. The first-order valence-electron chi connectivity index (χ1n) is 7.55. The Morgan fingerprint density at radius 2 is 1.86 bits per heavy atom. The second kappa shape index (κ2) is 6.79. The van der Waals surface area contributed by atoms with E-state index < -0.39 is 0 Å². The molecule has 1 atom stereocenters. The van der Waals surface area contributed by atoms with Crippen LogP contribution in [0.4, 0.5) is 11.4 Å². The van der Waals surface area contributed by atoms with Gasteiger partial charge >= 0.3 is 0 Å². The average molecular weight is 304 g/mol. The summed E-state index contributed by atoms with van der Waals surface area (Å²) in [6, 6.07) is 5.27. The molecule has 1 fully saturated rings. The van der Waals surface area contributed by atoms with Gasteiger partial charge in [0.2, 0.25) is 11.8 Å². The molecule has 22 heavy (non-hydrogen) atoms. The van der Waals surface area contributed by atoms with Gasteiger partial charge < -0.3 is 16.0 Å². The van der Waals surface area contributed by atoms with E-state index in [1.165, 1.54) is 0 Å². The van der Waals surface area contributed by atoms with Crippen molar-refractivity contribution in [2.24, 2.45) is 0 Å². The smallest absolute Gasteiger partial charge is 0.241 e. The highest BCUT2D eigenvalue weighted by molar-refractivity contribution is 5.95. The van der Waals surface area contributed by atoms with E-state index >= 15 is 0 Å². The van der Waals surface area contributed by atoms with Crippen molar-refractivity contribution in [3.05, 3.63) is 23.8 Å². The van der Waals surface area contributed by atoms with Crippen LogP contribution in [0.2, 0.25) is 0 Å². The predicted molar refractivity (Wildman–Crippen MR) is 87.5 cm³/mol. The standard InChI is InChI=1S/C16H24N4O2/c1-11-4-5-14(10-15(11)17)18-16(22)12(2)19-6-8-20(9-7-19)13(3)21/h4-5,10,12H,6-9,17H2,1-3H3,(H,18,22). The van der Waals surface area contributed by atoms with Crippen LogP contribution in [-0.4, -0.2) is 53.8 Å². The predicted octanol–water partition coefficient (Wildman–Crippen LogP) is 1.07. The van der Waals surface area contributed by atoms with Crippen LogP contribution in [0.15, 0.2) is 18.2 Å². The molecule has 6 heteroatoms. The molecule has 3 N–H and O–H groups in total. The first kappa shape index (κ1) is 16.3. The molecular formula is C16H24N4O2. The number of hydrogen-bond acceptors (Lipinski definition) is 4. The summed E-state index contributed by atoms with van der Waals surface area (Å²) in [6.07, 6.45) is 0. The molecule has 6 nitrogen and oxygen atoms in total. The molecule has 2 rings (SSSR count). The lowest BCUT2D eigenvalue weighted by atomic mass is 10.1. The van der Waals surface area contributed by atoms with E-state index in [9.17, 15) is 9.59 Å². The van der Waals surface area contributed by atoms with E-state index in [4.69, 9.17) is 5.73 Å². The molecule has 0 radical (unpaired) electrons. The molecule has 0 saturated carbocycles. The van der Waals surface area contributed by atoms with Gasteiger partial charge in [0.05, 0.1) is 6.04 Å². The largest absolute Gasteiger partial charge is 0.398 e. The molecule has 1 aromatic rings. The van der Waals surface area contributed by atoms with Gasteiger partial charge in [0, 0.05) is 44.5 Å². The molecule has 0 spiro atoms. The summed E-state index contributed by atoms with van der Waals surface area (Å²) < 4.78 is 0. The Morgan fingerprint density at radius 1 is 1.23 bits per heavy atom. The molecule has 1 heterocycles. The lowest BCUT2D eigenvalue weighted by molar-refractivity contribution is -0.131. The van der Waals surface area contributed by atoms with Gasteiger partial charge in [-0.25, -0.2) is 0 Å². The summed E-state index contributed by atoms with van der Waals surface area (Å²) >= 11 is 0. The second-order valence-corrected chi connectivity index (χ2v) is 5.78.